The van der Waals surface area contributed by atoms with Crippen LogP contribution in [0.15, 0.2) is 18.2 Å². The van der Waals surface area contributed by atoms with Crippen LogP contribution >= 0.6 is 11.3 Å². The zero-order valence-electron chi connectivity index (χ0n) is 12.7. The first kappa shape index (κ1) is 15.5. The number of carbonyl (C=O) groups is 1. The molecule has 1 aromatic carbocycles. The molecule has 112 valence electrons. The van der Waals surface area contributed by atoms with Gasteiger partial charge in [0, 0.05) is 16.1 Å². The molecule has 4 N–H and O–H groups in total. The summed E-state index contributed by atoms with van der Waals surface area (Å²) < 4.78 is 0. The summed E-state index contributed by atoms with van der Waals surface area (Å²) >= 11 is 1.62. The van der Waals surface area contributed by atoms with Crippen LogP contribution < -0.4 is 16.6 Å². The van der Waals surface area contributed by atoms with E-state index in [4.69, 9.17) is 5.84 Å². The number of hydrogen-bond acceptors (Lipinski definition) is 5. The zero-order valence-corrected chi connectivity index (χ0v) is 13.5. The number of benzene rings is 1. The lowest BCUT2D eigenvalue weighted by atomic mass is 10.1. The number of carbonyl (C=O) groups excluding carboxylic acids is 1. The zero-order chi connectivity index (χ0) is 15.6. The van der Waals surface area contributed by atoms with E-state index in [0.29, 0.717) is 5.56 Å². The van der Waals surface area contributed by atoms with Gasteiger partial charge in [0.15, 0.2) is 0 Å². The molecule has 0 aliphatic rings. The van der Waals surface area contributed by atoms with E-state index in [1.807, 2.05) is 33.8 Å². The van der Waals surface area contributed by atoms with E-state index in [9.17, 15) is 4.79 Å². The third-order valence-corrected chi connectivity index (χ3v) is 4.57. The lowest BCUT2D eigenvalue weighted by Crippen LogP contribution is -2.27. The first-order chi connectivity index (χ1) is 9.92. The van der Waals surface area contributed by atoms with Gasteiger partial charge in [-0.1, -0.05) is 0 Å². The Labute approximate surface area is 128 Å². The SMILES string of the molecule is Cc1nc(C)c(C(C)NC(=O)c2ccc(NN)cc2C)s1. The average Bonchev–Trinajstić information content (AvgIpc) is 2.77. The number of aryl methyl sites for hydroxylation is 3. The van der Waals surface area contributed by atoms with Crippen molar-refractivity contribution in [1.82, 2.24) is 10.3 Å². The van der Waals surface area contributed by atoms with Crippen LogP contribution in [0.4, 0.5) is 5.69 Å². The standard InChI is InChI=1S/C15H20N4OS/c1-8-7-12(19-16)5-6-13(8)15(20)18-10(3)14-9(2)17-11(4)21-14/h5-7,10,19H,16H2,1-4H3,(H,18,20). The third kappa shape index (κ3) is 3.40. The van der Waals surface area contributed by atoms with Gasteiger partial charge in [0.05, 0.1) is 16.7 Å². The predicted octanol–water partition coefficient (Wildman–Crippen LogP) is 2.84. The van der Waals surface area contributed by atoms with Gasteiger partial charge in [-0.15, -0.1) is 11.3 Å². The van der Waals surface area contributed by atoms with Crippen LogP contribution in [0.25, 0.3) is 0 Å². The van der Waals surface area contributed by atoms with Crippen molar-refractivity contribution in [3.63, 3.8) is 0 Å². The monoisotopic (exact) mass is 304 g/mol. The fourth-order valence-corrected chi connectivity index (χ4v) is 3.23. The summed E-state index contributed by atoms with van der Waals surface area (Å²) in [6, 6.07) is 5.35. The fraction of sp³-hybridized carbons (Fsp3) is 0.333. The summed E-state index contributed by atoms with van der Waals surface area (Å²) in [5.41, 5.74) is 5.87. The van der Waals surface area contributed by atoms with Gasteiger partial charge in [0.2, 0.25) is 0 Å². The highest BCUT2D eigenvalue weighted by atomic mass is 32.1. The Hall–Kier alpha value is -1.92. The molecule has 6 heteroatoms. The molecule has 0 spiro atoms. The predicted molar refractivity (Wildman–Crippen MR) is 86.5 cm³/mol. The number of aromatic nitrogens is 1. The third-order valence-electron chi connectivity index (χ3n) is 3.32. The minimum Gasteiger partial charge on any atom is -0.345 e. The maximum absolute atomic E-state index is 12.4. The molecule has 1 amide bonds. The van der Waals surface area contributed by atoms with E-state index in [2.05, 4.69) is 15.7 Å². The Morgan fingerprint density at radius 3 is 2.57 bits per heavy atom. The van der Waals surface area contributed by atoms with Gasteiger partial charge in [-0.05, 0) is 51.5 Å². The molecular weight excluding hydrogens is 284 g/mol. The van der Waals surface area contributed by atoms with E-state index < -0.39 is 0 Å². The highest BCUT2D eigenvalue weighted by Crippen LogP contribution is 2.25. The van der Waals surface area contributed by atoms with Crippen LogP contribution in [0.3, 0.4) is 0 Å². The summed E-state index contributed by atoms with van der Waals surface area (Å²) in [6.07, 6.45) is 0. The summed E-state index contributed by atoms with van der Waals surface area (Å²) in [4.78, 5) is 17.9. The highest BCUT2D eigenvalue weighted by Gasteiger charge is 2.17. The normalized spacial score (nSPS) is 12.0. The number of rotatable bonds is 4. The molecule has 0 saturated heterocycles. The van der Waals surface area contributed by atoms with Crippen LogP contribution in [0.2, 0.25) is 0 Å². The number of amides is 1. The number of nitrogens with one attached hydrogen (secondary N) is 2. The van der Waals surface area contributed by atoms with Gasteiger partial charge in [-0.3, -0.25) is 10.6 Å². The number of thiazole rings is 1. The lowest BCUT2D eigenvalue weighted by molar-refractivity contribution is 0.0940. The Morgan fingerprint density at radius 1 is 1.33 bits per heavy atom. The molecular formula is C15H20N4OS. The molecule has 0 aliphatic carbocycles. The maximum atomic E-state index is 12.4. The smallest absolute Gasteiger partial charge is 0.252 e. The summed E-state index contributed by atoms with van der Waals surface area (Å²) in [7, 11) is 0. The number of hydrazine groups is 1. The van der Waals surface area contributed by atoms with Gasteiger partial charge < -0.3 is 10.7 Å². The summed E-state index contributed by atoms with van der Waals surface area (Å²) in [6.45, 7) is 7.80. The van der Waals surface area contributed by atoms with Crippen LogP contribution in [0.1, 0.15) is 44.5 Å². The lowest BCUT2D eigenvalue weighted by Gasteiger charge is -2.14. The molecule has 0 aliphatic heterocycles. The van der Waals surface area contributed by atoms with Gasteiger partial charge >= 0.3 is 0 Å². The number of nitrogens with zero attached hydrogens (tertiary/aromatic N) is 1. The highest BCUT2D eigenvalue weighted by molar-refractivity contribution is 7.11. The van der Waals surface area contributed by atoms with Gasteiger partial charge in [0.25, 0.3) is 5.91 Å². The molecule has 1 aromatic heterocycles. The van der Waals surface area contributed by atoms with E-state index in [-0.39, 0.29) is 11.9 Å². The number of nitrogens with two attached hydrogens (primary N) is 1. The van der Waals surface area contributed by atoms with Crippen LogP contribution in [0.5, 0.6) is 0 Å². The fourth-order valence-electron chi connectivity index (χ4n) is 2.30. The van der Waals surface area contributed by atoms with Crippen LogP contribution in [-0.4, -0.2) is 10.9 Å². The Kier molecular flexibility index (Phi) is 4.59. The minimum absolute atomic E-state index is 0.0598. The maximum Gasteiger partial charge on any atom is 0.252 e. The van der Waals surface area contributed by atoms with Crippen molar-refractivity contribution in [1.29, 1.82) is 0 Å². The average molecular weight is 304 g/mol. The van der Waals surface area contributed by atoms with Crippen molar-refractivity contribution in [3.8, 4) is 0 Å². The summed E-state index contributed by atoms with van der Waals surface area (Å²) in [5.74, 6) is 5.28. The van der Waals surface area contributed by atoms with Gasteiger partial charge in [-0.25, -0.2) is 4.98 Å². The molecule has 2 rings (SSSR count). The molecule has 1 unspecified atom stereocenters. The van der Waals surface area contributed by atoms with Crippen molar-refractivity contribution in [2.24, 2.45) is 5.84 Å². The van der Waals surface area contributed by atoms with Crippen molar-refractivity contribution >= 4 is 22.9 Å². The van der Waals surface area contributed by atoms with E-state index in [1.54, 1.807) is 23.5 Å². The first-order valence-corrected chi connectivity index (χ1v) is 7.56. The Morgan fingerprint density at radius 2 is 2.05 bits per heavy atom. The quantitative estimate of drug-likeness (QED) is 0.599. The Bertz CT molecular complexity index is 666. The van der Waals surface area contributed by atoms with E-state index in [1.165, 1.54) is 0 Å². The molecule has 0 saturated carbocycles. The van der Waals surface area contributed by atoms with Gasteiger partial charge in [-0.2, -0.15) is 0 Å². The van der Waals surface area contributed by atoms with Crippen molar-refractivity contribution in [2.45, 2.75) is 33.7 Å². The van der Waals surface area contributed by atoms with Crippen molar-refractivity contribution in [2.75, 3.05) is 5.43 Å². The first-order valence-electron chi connectivity index (χ1n) is 6.74. The Balaban J connectivity index is 2.16. The molecule has 1 heterocycles. The second-order valence-corrected chi connectivity index (χ2v) is 6.29. The molecule has 2 aromatic rings. The topological polar surface area (TPSA) is 80.0 Å². The largest absolute Gasteiger partial charge is 0.345 e. The van der Waals surface area contributed by atoms with E-state index in [0.717, 1.165) is 26.8 Å². The molecule has 21 heavy (non-hydrogen) atoms. The number of anilines is 1. The van der Waals surface area contributed by atoms with Crippen LogP contribution in [0, 0.1) is 20.8 Å². The molecule has 0 bridgehead atoms. The van der Waals surface area contributed by atoms with E-state index >= 15 is 0 Å². The van der Waals surface area contributed by atoms with Crippen molar-refractivity contribution < 1.29 is 4.79 Å². The van der Waals surface area contributed by atoms with Crippen molar-refractivity contribution in [3.05, 3.63) is 44.9 Å². The number of hydrogen-bond donors (Lipinski definition) is 3. The minimum atomic E-state index is -0.0889. The molecule has 0 radical (unpaired) electrons. The second kappa shape index (κ2) is 6.24. The van der Waals surface area contributed by atoms with Gasteiger partial charge in [0.1, 0.15) is 0 Å². The molecule has 5 nitrogen and oxygen atoms in total. The summed E-state index contributed by atoms with van der Waals surface area (Å²) in [5, 5.41) is 4.04. The second-order valence-electron chi connectivity index (χ2n) is 5.05. The molecule has 0 fully saturated rings. The molecule has 1 atom stereocenters. The number of nitrogen functional groups attached to an aromatic ring is 1. The van der Waals surface area contributed by atoms with Crippen LogP contribution in [-0.2, 0) is 0 Å².